The molecular formula is C22H17NO4. The van der Waals surface area contributed by atoms with E-state index in [1.807, 2.05) is 66.7 Å². The molecule has 27 heavy (non-hydrogen) atoms. The molecule has 4 rings (SSSR count). The van der Waals surface area contributed by atoms with Gasteiger partial charge in [-0.2, -0.15) is 0 Å². The Balaban J connectivity index is 1.39. The third-order valence-electron chi connectivity index (χ3n) is 4.29. The van der Waals surface area contributed by atoms with Gasteiger partial charge in [-0.15, -0.1) is 0 Å². The Hall–Kier alpha value is -3.60. The molecule has 0 aromatic heterocycles. The molecule has 0 spiro atoms. The number of benzene rings is 3. The fourth-order valence-corrected chi connectivity index (χ4v) is 2.98. The highest BCUT2D eigenvalue weighted by Crippen LogP contribution is 2.26. The number of ether oxygens (including phenoxy) is 2. The van der Waals surface area contributed by atoms with Crippen molar-refractivity contribution in [2.24, 2.45) is 0 Å². The normalized spacial score (nSPS) is 12.5. The first-order valence-electron chi connectivity index (χ1n) is 8.58. The van der Waals surface area contributed by atoms with E-state index in [4.69, 9.17) is 9.47 Å². The summed E-state index contributed by atoms with van der Waals surface area (Å²) in [6.07, 6.45) is 1.73. The van der Waals surface area contributed by atoms with Gasteiger partial charge in [-0.05, 0) is 23.6 Å². The monoisotopic (exact) mass is 359 g/mol. The Kier molecular flexibility index (Phi) is 4.58. The molecule has 1 amide bonds. The number of para-hydroxylation sites is 1. The molecular weight excluding hydrogens is 342 g/mol. The topological polar surface area (TPSA) is 64.6 Å². The molecule has 0 aliphatic carbocycles. The average molecular weight is 359 g/mol. The van der Waals surface area contributed by atoms with E-state index in [0.29, 0.717) is 11.3 Å². The molecule has 0 radical (unpaired) electrons. The van der Waals surface area contributed by atoms with Gasteiger partial charge in [-0.25, -0.2) is 4.79 Å². The van der Waals surface area contributed by atoms with Crippen molar-refractivity contribution >= 4 is 34.4 Å². The molecule has 0 unspecified atom stereocenters. The Bertz CT molecular complexity index is 1050. The van der Waals surface area contributed by atoms with Crippen LogP contribution in [0.15, 0.2) is 72.3 Å². The molecule has 1 heterocycles. The molecule has 1 aliphatic rings. The molecule has 1 aliphatic heterocycles. The fourth-order valence-electron chi connectivity index (χ4n) is 2.98. The SMILES string of the molecule is O=C(COC(=O)C1=Cc2ccccc2OC1)Nc1cccc2ccccc12. The number of hydrogen-bond donors (Lipinski definition) is 1. The van der Waals surface area contributed by atoms with Crippen LogP contribution in [-0.2, 0) is 14.3 Å². The number of amides is 1. The third-order valence-corrected chi connectivity index (χ3v) is 4.29. The van der Waals surface area contributed by atoms with Crippen molar-refractivity contribution in [1.82, 2.24) is 0 Å². The van der Waals surface area contributed by atoms with Gasteiger partial charge in [0.15, 0.2) is 6.61 Å². The molecule has 5 heteroatoms. The Morgan fingerprint density at radius 3 is 2.67 bits per heavy atom. The maximum absolute atomic E-state index is 12.2. The lowest BCUT2D eigenvalue weighted by atomic mass is 10.1. The Labute approximate surface area is 156 Å². The lowest BCUT2D eigenvalue weighted by Crippen LogP contribution is -2.24. The van der Waals surface area contributed by atoms with Crippen LogP contribution in [0.5, 0.6) is 5.75 Å². The Morgan fingerprint density at radius 2 is 1.74 bits per heavy atom. The van der Waals surface area contributed by atoms with Gasteiger partial charge in [0.1, 0.15) is 12.4 Å². The summed E-state index contributed by atoms with van der Waals surface area (Å²) in [7, 11) is 0. The minimum Gasteiger partial charge on any atom is -0.488 e. The van der Waals surface area contributed by atoms with Crippen molar-refractivity contribution in [3.63, 3.8) is 0 Å². The van der Waals surface area contributed by atoms with Gasteiger partial charge in [0, 0.05) is 16.6 Å². The molecule has 3 aromatic carbocycles. The summed E-state index contributed by atoms with van der Waals surface area (Å²) < 4.78 is 10.7. The van der Waals surface area contributed by atoms with E-state index in [9.17, 15) is 9.59 Å². The summed E-state index contributed by atoms with van der Waals surface area (Å²) in [6, 6.07) is 20.8. The minimum absolute atomic E-state index is 0.126. The number of rotatable bonds is 4. The summed E-state index contributed by atoms with van der Waals surface area (Å²) in [5.41, 5.74) is 1.88. The van der Waals surface area contributed by atoms with Crippen LogP contribution >= 0.6 is 0 Å². The van der Waals surface area contributed by atoms with Gasteiger partial charge >= 0.3 is 5.97 Å². The van der Waals surface area contributed by atoms with Gasteiger partial charge in [0.2, 0.25) is 0 Å². The van der Waals surface area contributed by atoms with Crippen LogP contribution in [0, 0.1) is 0 Å². The molecule has 0 fully saturated rings. The molecule has 5 nitrogen and oxygen atoms in total. The van der Waals surface area contributed by atoms with E-state index < -0.39 is 11.9 Å². The molecule has 3 aromatic rings. The number of nitrogens with one attached hydrogen (secondary N) is 1. The van der Waals surface area contributed by atoms with Crippen LogP contribution in [0.3, 0.4) is 0 Å². The smallest absolute Gasteiger partial charge is 0.338 e. The van der Waals surface area contributed by atoms with Gasteiger partial charge in [0.25, 0.3) is 5.91 Å². The predicted molar refractivity (Wildman–Crippen MR) is 103 cm³/mol. The maximum Gasteiger partial charge on any atom is 0.338 e. The zero-order chi connectivity index (χ0) is 18.6. The molecule has 0 bridgehead atoms. The van der Waals surface area contributed by atoms with Crippen LogP contribution < -0.4 is 10.1 Å². The molecule has 0 saturated heterocycles. The predicted octanol–water partition coefficient (Wildman–Crippen LogP) is 3.80. The largest absolute Gasteiger partial charge is 0.488 e. The van der Waals surface area contributed by atoms with E-state index >= 15 is 0 Å². The lowest BCUT2D eigenvalue weighted by Gasteiger charge is -2.17. The number of carbonyl (C=O) groups excluding carboxylic acids is 2. The zero-order valence-electron chi connectivity index (χ0n) is 14.5. The van der Waals surface area contributed by atoms with Gasteiger partial charge < -0.3 is 14.8 Å². The summed E-state index contributed by atoms with van der Waals surface area (Å²) >= 11 is 0. The third kappa shape index (κ3) is 3.67. The van der Waals surface area contributed by atoms with Crippen molar-refractivity contribution in [1.29, 1.82) is 0 Å². The Morgan fingerprint density at radius 1 is 0.963 bits per heavy atom. The second-order valence-corrected chi connectivity index (χ2v) is 6.15. The first-order valence-corrected chi connectivity index (χ1v) is 8.58. The van der Waals surface area contributed by atoms with Gasteiger partial charge in [0.05, 0.1) is 5.57 Å². The second kappa shape index (κ2) is 7.33. The first kappa shape index (κ1) is 16.8. The highest BCUT2D eigenvalue weighted by atomic mass is 16.5. The van der Waals surface area contributed by atoms with Crippen LogP contribution in [0.1, 0.15) is 5.56 Å². The van der Waals surface area contributed by atoms with Crippen LogP contribution in [0.25, 0.3) is 16.8 Å². The molecule has 0 atom stereocenters. The zero-order valence-corrected chi connectivity index (χ0v) is 14.5. The van der Waals surface area contributed by atoms with Crippen LogP contribution in [0.4, 0.5) is 5.69 Å². The van der Waals surface area contributed by atoms with Crippen molar-refractivity contribution < 1.29 is 19.1 Å². The van der Waals surface area contributed by atoms with Crippen molar-refractivity contribution in [2.45, 2.75) is 0 Å². The fraction of sp³-hybridized carbons (Fsp3) is 0.0909. The number of carbonyl (C=O) groups is 2. The molecule has 1 N–H and O–H groups in total. The van der Waals surface area contributed by atoms with Crippen molar-refractivity contribution in [3.8, 4) is 5.75 Å². The molecule has 0 saturated carbocycles. The van der Waals surface area contributed by atoms with E-state index in [1.54, 1.807) is 6.08 Å². The lowest BCUT2D eigenvalue weighted by molar-refractivity contribution is -0.143. The summed E-state index contributed by atoms with van der Waals surface area (Å²) in [5, 5.41) is 4.75. The van der Waals surface area contributed by atoms with Gasteiger partial charge in [-0.1, -0.05) is 54.6 Å². The highest BCUT2D eigenvalue weighted by molar-refractivity contribution is 6.03. The first-order chi connectivity index (χ1) is 13.2. The standard InChI is InChI=1S/C22H17NO4/c24-21(23-19-10-5-8-15-6-1-3-9-18(15)19)14-27-22(25)17-12-16-7-2-4-11-20(16)26-13-17/h1-12H,13-14H2,(H,23,24). The van der Waals surface area contributed by atoms with Crippen LogP contribution in [0.2, 0.25) is 0 Å². The van der Waals surface area contributed by atoms with E-state index in [2.05, 4.69) is 5.32 Å². The minimum atomic E-state index is -0.558. The van der Waals surface area contributed by atoms with Crippen molar-refractivity contribution in [2.75, 3.05) is 18.5 Å². The average Bonchev–Trinajstić information content (AvgIpc) is 2.72. The summed E-state index contributed by atoms with van der Waals surface area (Å²) in [4.78, 5) is 24.4. The van der Waals surface area contributed by atoms with Crippen molar-refractivity contribution in [3.05, 3.63) is 77.9 Å². The van der Waals surface area contributed by atoms with Crippen LogP contribution in [-0.4, -0.2) is 25.1 Å². The second-order valence-electron chi connectivity index (χ2n) is 6.15. The van der Waals surface area contributed by atoms with E-state index in [1.165, 1.54) is 0 Å². The number of hydrogen-bond acceptors (Lipinski definition) is 4. The summed E-state index contributed by atoms with van der Waals surface area (Å²) in [5.74, 6) is -0.224. The number of esters is 1. The highest BCUT2D eigenvalue weighted by Gasteiger charge is 2.19. The van der Waals surface area contributed by atoms with E-state index in [-0.39, 0.29) is 13.2 Å². The van der Waals surface area contributed by atoms with Gasteiger partial charge in [-0.3, -0.25) is 4.79 Å². The number of anilines is 1. The number of fused-ring (bicyclic) bond motifs is 2. The van der Waals surface area contributed by atoms with E-state index in [0.717, 1.165) is 22.1 Å². The summed E-state index contributed by atoms with van der Waals surface area (Å²) in [6.45, 7) is -0.234. The quantitative estimate of drug-likeness (QED) is 0.720. The maximum atomic E-state index is 12.2. The molecule has 134 valence electrons.